The lowest BCUT2D eigenvalue weighted by Crippen LogP contribution is -2.21. The van der Waals surface area contributed by atoms with Gasteiger partial charge in [0.1, 0.15) is 5.82 Å². The number of anilines is 1. The van der Waals surface area contributed by atoms with Crippen molar-refractivity contribution in [3.8, 4) is 0 Å². The number of alkyl halides is 3. The number of rotatable bonds is 2. The molecule has 1 amide bonds. The molecule has 0 fully saturated rings. The van der Waals surface area contributed by atoms with Crippen LogP contribution in [-0.4, -0.2) is 17.9 Å². The van der Waals surface area contributed by atoms with Crippen LogP contribution in [0.4, 0.5) is 19.0 Å². The zero-order chi connectivity index (χ0) is 11.6. The minimum atomic E-state index is -4.63. The topological polar surface area (TPSA) is 68.0 Å². The summed E-state index contributed by atoms with van der Waals surface area (Å²) in [4.78, 5) is 14.5. The second-order valence-corrected chi connectivity index (χ2v) is 2.69. The van der Waals surface area contributed by atoms with Crippen molar-refractivity contribution in [3.05, 3.63) is 23.4 Å². The molecule has 0 aliphatic heterocycles. The van der Waals surface area contributed by atoms with E-state index in [-0.39, 0.29) is 5.82 Å². The molecule has 7 heteroatoms. The van der Waals surface area contributed by atoms with Crippen LogP contribution in [0.2, 0.25) is 0 Å². The predicted octanol–water partition coefficient (Wildman–Crippen LogP) is 1.24. The first kappa shape index (κ1) is 11.3. The first-order valence-corrected chi connectivity index (χ1v) is 3.91. The van der Waals surface area contributed by atoms with Crippen LogP contribution < -0.4 is 11.1 Å². The highest BCUT2D eigenvalue weighted by molar-refractivity contribution is 5.99. The Morgan fingerprint density at radius 1 is 1.53 bits per heavy atom. The highest BCUT2D eigenvalue weighted by Gasteiger charge is 2.36. The summed E-state index contributed by atoms with van der Waals surface area (Å²) in [5, 5.41) is 2.38. The van der Waals surface area contributed by atoms with Crippen molar-refractivity contribution in [3.63, 3.8) is 0 Å². The Bertz CT molecular complexity index is 389. The van der Waals surface area contributed by atoms with Crippen LogP contribution in [0.15, 0.2) is 12.3 Å². The van der Waals surface area contributed by atoms with Crippen molar-refractivity contribution in [2.75, 3.05) is 12.4 Å². The van der Waals surface area contributed by atoms with Crippen LogP contribution in [-0.2, 0) is 6.18 Å². The summed E-state index contributed by atoms with van der Waals surface area (Å²) in [6.45, 7) is 0. The van der Waals surface area contributed by atoms with Crippen LogP contribution >= 0.6 is 0 Å². The summed E-state index contributed by atoms with van der Waals surface area (Å²) in [7, 11) is 1.36. The average Bonchev–Trinajstić information content (AvgIpc) is 2.15. The van der Waals surface area contributed by atoms with Gasteiger partial charge in [0.05, 0.1) is 11.1 Å². The second kappa shape index (κ2) is 3.76. The number of hydrogen-bond donors (Lipinski definition) is 2. The molecule has 1 aromatic heterocycles. The molecular formula is C8H8F3N3O. The fraction of sp³-hybridized carbons (Fsp3) is 0.250. The quantitative estimate of drug-likeness (QED) is 0.786. The van der Waals surface area contributed by atoms with Crippen LogP contribution in [0, 0.1) is 0 Å². The van der Waals surface area contributed by atoms with Gasteiger partial charge in [0.2, 0.25) is 0 Å². The molecule has 0 bridgehead atoms. The van der Waals surface area contributed by atoms with E-state index >= 15 is 0 Å². The molecule has 0 unspecified atom stereocenters. The maximum absolute atomic E-state index is 12.5. The number of primary amides is 1. The summed E-state index contributed by atoms with van der Waals surface area (Å²) in [5.41, 5.74) is 3.13. The Morgan fingerprint density at radius 3 is 2.53 bits per heavy atom. The van der Waals surface area contributed by atoms with Crippen molar-refractivity contribution in [1.82, 2.24) is 4.98 Å². The molecule has 0 atom stereocenters. The molecule has 0 saturated heterocycles. The van der Waals surface area contributed by atoms with Crippen molar-refractivity contribution < 1.29 is 18.0 Å². The molecule has 0 saturated carbocycles. The normalized spacial score (nSPS) is 11.2. The molecule has 1 aromatic rings. The number of aromatic nitrogens is 1. The lowest BCUT2D eigenvalue weighted by Gasteiger charge is -2.12. The van der Waals surface area contributed by atoms with Crippen LogP contribution in [0.3, 0.4) is 0 Å². The zero-order valence-corrected chi connectivity index (χ0v) is 7.72. The molecule has 0 aliphatic rings. The first-order valence-electron chi connectivity index (χ1n) is 3.91. The predicted molar refractivity (Wildman–Crippen MR) is 47.3 cm³/mol. The third kappa shape index (κ3) is 2.17. The molecule has 0 spiro atoms. The van der Waals surface area contributed by atoms with E-state index in [0.29, 0.717) is 6.07 Å². The standard InChI is InChI=1S/C8H8F3N3O/c1-13-7-5(6(12)15)4(2-3-14-7)8(9,10)11/h2-3H,1H3,(H2,12,15)(H,13,14). The van der Waals surface area contributed by atoms with Crippen molar-refractivity contribution in [2.45, 2.75) is 6.18 Å². The van der Waals surface area contributed by atoms with Gasteiger partial charge in [-0.2, -0.15) is 13.2 Å². The Labute approximate surface area is 83.3 Å². The number of amides is 1. The number of carbonyl (C=O) groups excluding carboxylic acids is 1. The van der Waals surface area contributed by atoms with Crippen LogP contribution in [0.25, 0.3) is 0 Å². The van der Waals surface area contributed by atoms with Crippen molar-refractivity contribution in [1.29, 1.82) is 0 Å². The average molecular weight is 219 g/mol. The van der Waals surface area contributed by atoms with E-state index in [0.717, 1.165) is 6.20 Å². The Hall–Kier alpha value is -1.79. The van der Waals surface area contributed by atoms with Crippen LogP contribution in [0.5, 0.6) is 0 Å². The van der Waals surface area contributed by atoms with Gasteiger partial charge in [-0.25, -0.2) is 4.98 Å². The summed E-state index contributed by atoms with van der Waals surface area (Å²) >= 11 is 0. The number of pyridine rings is 1. The molecule has 0 aromatic carbocycles. The van der Waals surface area contributed by atoms with Gasteiger partial charge in [0.15, 0.2) is 0 Å². The van der Waals surface area contributed by atoms with Gasteiger partial charge in [0, 0.05) is 13.2 Å². The zero-order valence-electron chi connectivity index (χ0n) is 7.72. The van der Waals surface area contributed by atoms with Gasteiger partial charge in [-0.15, -0.1) is 0 Å². The lowest BCUT2D eigenvalue weighted by atomic mass is 10.1. The first-order chi connectivity index (χ1) is 6.88. The van der Waals surface area contributed by atoms with Gasteiger partial charge >= 0.3 is 6.18 Å². The fourth-order valence-corrected chi connectivity index (χ4v) is 1.14. The third-order valence-corrected chi connectivity index (χ3v) is 1.74. The molecule has 82 valence electrons. The van der Waals surface area contributed by atoms with E-state index in [2.05, 4.69) is 10.3 Å². The molecule has 1 heterocycles. The van der Waals surface area contributed by atoms with Gasteiger partial charge in [-0.3, -0.25) is 4.79 Å². The highest BCUT2D eigenvalue weighted by Crippen LogP contribution is 2.33. The minimum absolute atomic E-state index is 0.183. The van der Waals surface area contributed by atoms with Gasteiger partial charge in [-0.1, -0.05) is 0 Å². The van der Waals surface area contributed by atoms with Crippen molar-refractivity contribution in [2.24, 2.45) is 5.73 Å². The SMILES string of the molecule is CNc1nccc(C(F)(F)F)c1C(N)=O. The minimum Gasteiger partial charge on any atom is -0.372 e. The van der Waals surface area contributed by atoms with Crippen LogP contribution in [0.1, 0.15) is 15.9 Å². The Balaban J connectivity index is 3.46. The summed E-state index contributed by atoms with van der Waals surface area (Å²) in [6, 6.07) is 0.709. The number of nitrogens with two attached hydrogens (primary N) is 1. The van der Waals surface area contributed by atoms with E-state index in [1.54, 1.807) is 0 Å². The smallest absolute Gasteiger partial charge is 0.372 e. The number of carbonyl (C=O) groups is 1. The maximum atomic E-state index is 12.5. The van der Waals surface area contributed by atoms with E-state index < -0.39 is 23.2 Å². The molecule has 15 heavy (non-hydrogen) atoms. The second-order valence-electron chi connectivity index (χ2n) is 2.69. The Morgan fingerprint density at radius 2 is 2.13 bits per heavy atom. The van der Waals surface area contributed by atoms with E-state index in [1.807, 2.05) is 0 Å². The fourth-order valence-electron chi connectivity index (χ4n) is 1.14. The van der Waals surface area contributed by atoms with Gasteiger partial charge in [0.25, 0.3) is 5.91 Å². The number of nitrogens with one attached hydrogen (secondary N) is 1. The van der Waals surface area contributed by atoms with E-state index in [9.17, 15) is 18.0 Å². The number of hydrogen-bond acceptors (Lipinski definition) is 3. The maximum Gasteiger partial charge on any atom is 0.417 e. The number of nitrogens with zero attached hydrogens (tertiary/aromatic N) is 1. The van der Waals surface area contributed by atoms with Gasteiger partial charge in [-0.05, 0) is 6.07 Å². The third-order valence-electron chi connectivity index (χ3n) is 1.74. The number of halogens is 3. The van der Waals surface area contributed by atoms with E-state index in [1.165, 1.54) is 7.05 Å². The van der Waals surface area contributed by atoms with E-state index in [4.69, 9.17) is 5.73 Å². The molecule has 3 N–H and O–H groups in total. The molecule has 4 nitrogen and oxygen atoms in total. The lowest BCUT2D eigenvalue weighted by molar-refractivity contribution is -0.137. The summed E-state index contributed by atoms with van der Waals surface area (Å²) in [5.74, 6) is -1.35. The molecule has 0 aliphatic carbocycles. The molecule has 0 radical (unpaired) electrons. The molecule has 1 rings (SSSR count). The summed E-state index contributed by atoms with van der Waals surface area (Å²) in [6.07, 6.45) is -3.67. The highest BCUT2D eigenvalue weighted by atomic mass is 19.4. The largest absolute Gasteiger partial charge is 0.417 e. The monoisotopic (exact) mass is 219 g/mol. The Kier molecular flexibility index (Phi) is 2.83. The summed E-state index contributed by atoms with van der Waals surface area (Å²) < 4.78 is 37.4. The van der Waals surface area contributed by atoms with Crippen molar-refractivity contribution >= 4 is 11.7 Å². The molecular weight excluding hydrogens is 211 g/mol. The van der Waals surface area contributed by atoms with Gasteiger partial charge < -0.3 is 11.1 Å².